The predicted octanol–water partition coefficient (Wildman–Crippen LogP) is 10.8. The second kappa shape index (κ2) is 10.4. The Balaban J connectivity index is 3.06. The first-order valence-corrected chi connectivity index (χ1v) is 13.5. The molecule has 2 aromatic rings. The third kappa shape index (κ3) is 5.58. The molecule has 0 saturated carbocycles. The topological polar surface area (TPSA) is 0 Å². The summed E-state index contributed by atoms with van der Waals surface area (Å²) in [5.41, 5.74) is 12.2. The lowest BCUT2D eigenvalue weighted by Gasteiger charge is -2.39. The second-order valence-electron chi connectivity index (χ2n) is 12.7. The molecule has 0 radical (unpaired) electrons. The van der Waals surface area contributed by atoms with Crippen molar-refractivity contribution in [3.05, 3.63) is 68.8 Å². The van der Waals surface area contributed by atoms with Crippen molar-refractivity contribution in [2.45, 2.75) is 138 Å². The highest BCUT2D eigenvalue weighted by Gasteiger charge is 2.35. The standard InChI is InChI=1S/C33H52/c1-19(2)25-15-27(21(5)6)31(28(16-25)22(7)8)33(13,14)32-29(23(9)10)17-26(20(3)4)18-30(32)24(11)12/h15-24H,1-14H3. The first kappa shape index (κ1) is 27.7. The smallest absolute Gasteiger partial charge is 0.0157 e. The lowest BCUT2D eigenvalue weighted by Crippen LogP contribution is -2.28. The molecule has 33 heavy (non-hydrogen) atoms. The van der Waals surface area contributed by atoms with Gasteiger partial charge in [-0.2, -0.15) is 0 Å². The van der Waals surface area contributed by atoms with E-state index in [1.165, 1.54) is 33.4 Å². The summed E-state index contributed by atoms with van der Waals surface area (Å²) in [7, 11) is 0. The summed E-state index contributed by atoms with van der Waals surface area (Å²) in [6, 6.07) is 10.1. The lowest BCUT2D eigenvalue weighted by atomic mass is 9.65. The molecule has 2 aromatic carbocycles. The van der Waals surface area contributed by atoms with Crippen molar-refractivity contribution in [3.63, 3.8) is 0 Å². The average molecular weight is 449 g/mol. The maximum atomic E-state index is 2.52. The molecule has 0 amide bonds. The number of hydrogen-bond donors (Lipinski definition) is 0. The molecule has 0 bridgehead atoms. The Kier molecular flexibility index (Phi) is 8.70. The Morgan fingerprint density at radius 1 is 0.394 bits per heavy atom. The van der Waals surface area contributed by atoms with Crippen LogP contribution in [0.5, 0.6) is 0 Å². The molecule has 0 unspecified atom stereocenters. The van der Waals surface area contributed by atoms with Crippen LogP contribution in [-0.2, 0) is 5.41 Å². The van der Waals surface area contributed by atoms with Gasteiger partial charge in [0.1, 0.15) is 0 Å². The molecule has 184 valence electrons. The summed E-state index contributed by atoms with van der Waals surface area (Å²) in [6.07, 6.45) is 0. The largest absolute Gasteiger partial charge is 0.0587 e. The van der Waals surface area contributed by atoms with Gasteiger partial charge in [-0.1, -0.05) is 121 Å². The van der Waals surface area contributed by atoms with Gasteiger partial charge in [0.2, 0.25) is 0 Å². The molecule has 0 aromatic heterocycles. The molecule has 2 rings (SSSR count). The third-order valence-electron chi connectivity index (χ3n) is 7.51. The summed E-state index contributed by atoms with van der Waals surface area (Å²) < 4.78 is 0. The highest BCUT2D eigenvalue weighted by atomic mass is 14.4. The number of benzene rings is 2. The van der Waals surface area contributed by atoms with Crippen LogP contribution in [-0.4, -0.2) is 0 Å². The minimum Gasteiger partial charge on any atom is -0.0587 e. The van der Waals surface area contributed by atoms with Crippen LogP contribution in [0.15, 0.2) is 24.3 Å². The fourth-order valence-electron chi connectivity index (χ4n) is 5.48. The van der Waals surface area contributed by atoms with Gasteiger partial charge >= 0.3 is 0 Å². The van der Waals surface area contributed by atoms with Crippen LogP contribution in [0.3, 0.4) is 0 Å². The minimum absolute atomic E-state index is 0.0660. The zero-order valence-electron chi connectivity index (χ0n) is 24.3. The van der Waals surface area contributed by atoms with Gasteiger partial charge in [-0.05, 0) is 80.0 Å². The Bertz CT molecular complexity index is 812. The van der Waals surface area contributed by atoms with Gasteiger partial charge in [0.25, 0.3) is 0 Å². The van der Waals surface area contributed by atoms with Crippen LogP contribution in [0.25, 0.3) is 0 Å². The Morgan fingerprint density at radius 2 is 0.606 bits per heavy atom. The maximum Gasteiger partial charge on any atom is 0.0157 e. The maximum absolute atomic E-state index is 2.52. The van der Waals surface area contributed by atoms with Gasteiger partial charge in [-0.25, -0.2) is 0 Å². The fraction of sp³-hybridized carbons (Fsp3) is 0.636. The molecule has 0 atom stereocenters. The van der Waals surface area contributed by atoms with Gasteiger partial charge in [0.05, 0.1) is 0 Å². The van der Waals surface area contributed by atoms with E-state index in [-0.39, 0.29) is 5.41 Å². The van der Waals surface area contributed by atoms with E-state index in [4.69, 9.17) is 0 Å². The molecule has 0 aliphatic carbocycles. The van der Waals surface area contributed by atoms with Crippen molar-refractivity contribution in [1.29, 1.82) is 0 Å². The summed E-state index contributed by atoms with van der Waals surface area (Å²) in [5.74, 6) is 3.07. The lowest BCUT2D eigenvalue weighted by molar-refractivity contribution is 0.579. The molecular formula is C33H52. The number of rotatable bonds is 8. The van der Waals surface area contributed by atoms with E-state index in [1.807, 2.05) is 0 Å². The minimum atomic E-state index is -0.0660. The molecule has 0 N–H and O–H groups in total. The predicted molar refractivity (Wildman–Crippen MR) is 150 cm³/mol. The molecule has 0 heterocycles. The van der Waals surface area contributed by atoms with Crippen molar-refractivity contribution in [2.75, 3.05) is 0 Å². The summed E-state index contributed by atoms with van der Waals surface area (Å²) >= 11 is 0. The zero-order valence-corrected chi connectivity index (χ0v) is 24.3. The van der Waals surface area contributed by atoms with Crippen LogP contribution in [0, 0.1) is 0 Å². The van der Waals surface area contributed by atoms with Crippen molar-refractivity contribution in [1.82, 2.24) is 0 Å². The van der Waals surface area contributed by atoms with E-state index >= 15 is 0 Å². The molecule has 0 aliphatic heterocycles. The van der Waals surface area contributed by atoms with Crippen LogP contribution >= 0.6 is 0 Å². The first-order chi connectivity index (χ1) is 15.1. The quantitative estimate of drug-likeness (QED) is 0.376. The van der Waals surface area contributed by atoms with E-state index in [2.05, 4.69) is 121 Å². The molecule has 0 saturated heterocycles. The molecule has 0 aliphatic rings. The first-order valence-electron chi connectivity index (χ1n) is 13.5. The zero-order chi connectivity index (χ0) is 25.4. The average Bonchev–Trinajstić information content (AvgIpc) is 2.71. The van der Waals surface area contributed by atoms with E-state index in [0.717, 1.165) is 0 Å². The van der Waals surface area contributed by atoms with E-state index in [9.17, 15) is 0 Å². The van der Waals surface area contributed by atoms with Crippen molar-refractivity contribution >= 4 is 0 Å². The molecule has 0 heteroatoms. The van der Waals surface area contributed by atoms with Gasteiger partial charge in [-0.3, -0.25) is 0 Å². The third-order valence-corrected chi connectivity index (χ3v) is 7.51. The molecule has 0 fully saturated rings. The number of hydrogen-bond acceptors (Lipinski definition) is 0. The van der Waals surface area contributed by atoms with Crippen LogP contribution in [0.4, 0.5) is 0 Å². The Morgan fingerprint density at radius 3 is 0.758 bits per heavy atom. The van der Waals surface area contributed by atoms with Crippen molar-refractivity contribution < 1.29 is 0 Å². The monoisotopic (exact) mass is 448 g/mol. The fourth-order valence-corrected chi connectivity index (χ4v) is 5.48. The van der Waals surface area contributed by atoms with Crippen molar-refractivity contribution in [3.8, 4) is 0 Å². The van der Waals surface area contributed by atoms with Crippen LogP contribution in [0.2, 0.25) is 0 Å². The Labute approximate surface area is 206 Å². The van der Waals surface area contributed by atoms with Crippen molar-refractivity contribution in [2.24, 2.45) is 0 Å². The van der Waals surface area contributed by atoms with Crippen LogP contribution < -0.4 is 0 Å². The van der Waals surface area contributed by atoms with Gasteiger partial charge in [0, 0.05) is 5.41 Å². The Hall–Kier alpha value is -1.56. The van der Waals surface area contributed by atoms with E-state index in [0.29, 0.717) is 35.5 Å². The van der Waals surface area contributed by atoms with Gasteiger partial charge in [-0.15, -0.1) is 0 Å². The van der Waals surface area contributed by atoms with E-state index < -0.39 is 0 Å². The molecule has 0 nitrogen and oxygen atoms in total. The highest BCUT2D eigenvalue weighted by molar-refractivity contribution is 5.57. The second-order valence-corrected chi connectivity index (χ2v) is 12.7. The summed E-state index contributed by atoms with van der Waals surface area (Å²) in [6.45, 7) is 33.3. The molecular weight excluding hydrogens is 396 g/mol. The SMILES string of the molecule is CC(C)c1cc(C(C)C)c(C(C)(C)c2c(C(C)C)cc(C(C)C)cc2C(C)C)c(C(C)C)c1. The molecule has 0 spiro atoms. The highest BCUT2D eigenvalue weighted by Crippen LogP contribution is 2.47. The summed E-state index contributed by atoms with van der Waals surface area (Å²) in [5, 5.41) is 0. The van der Waals surface area contributed by atoms with Gasteiger partial charge in [0.15, 0.2) is 0 Å². The van der Waals surface area contributed by atoms with Crippen LogP contribution in [0.1, 0.15) is 177 Å². The summed E-state index contributed by atoms with van der Waals surface area (Å²) in [4.78, 5) is 0. The van der Waals surface area contributed by atoms with E-state index in [1.54, 1.807) is 11.1 Å². The normalized spacial score (nSPS) is 13.0. The van der Waals surface area contributed by atoms with Gasteiger partial charge < -0.3 is 0 Å².